The van der Waals surface area contributed by atoms with Gasteiger partial charge in [-0.25, -0.2) is 0 Å². The third-order valence-corrected chi connectivity index (χ3v) is 3.36. The largest absolute Gasteiger partial charge is 0.467 e. The molecule has 1 amide bonds. The minimum atomic E-state index is -4.48. The molecule has 1 aromatic heterocycles. The summed E-state index contributed by atoms with van der Waals surface area (Å²) in [7, 11) is 0. The second-order valence-corrected chi connectivity index (χ2v) is 5.25. The van der Waals surface area contributed by atoms with Crippen LogP contribution in [-0.2, 0) is 17.8 Å². The van der Waals surface area contributed by atoms with E-state index in [1.165, 1.54) is 12.3 Å². The van der Waals surface area contributed by atoms with Crippen molar-refractivity contribution in [3.63, 3.8) is 0 Å². The summed E-state index contributed by atoms with van der Waals surface area (Å²) < 4.78 is 43.1. The van der Waals surface area contributed by atoms with Gasteiger partial charge in [0.2, 0.25) is 5.91 Å². The Bertz CT molecular complexity index is 701. The first-order valence-corrected chi connectivity index (χ1v) is 7.23. The number of halogens is 3. The predicted octanol–water partition coefficient (Wildman–Crippen LogP) is 3.67. The first-order valence-electron chi connectivity index (χ1n) is 7.23. The van der Waals surface area contributed by atoms with Gasteiger partial charge in [0.15, 0.2) is 0 Å². The van der Waals surface area contributed by atoms with Gasteiger partial charge >= 0.3 is 6.18 Å². The Morgan fingerprint density at radius 1 is 1.21 bits per heavy atom. The van der Waals surface area contributed by atoms with Gasteiger partial charge in [-0.2, -0.15) is 18.4 Å². The minimum absolute atomic E-state index is 0.0529. The molecule has 2 rings (SSSR count). The van der Waals surface area contributed by atoms with Crippen molar-refractivity contribution in [1.29, 1.82) is 5.26 Å². The lowest BCUT2D eigenvalue weighted by Crippen LogP contribution is -2.38. The van der Waals surface area contributed by atoms with E-state index in [-0.39, 0.29) is 13.0 Å². The van der Waals surface area contributed by atoms with Gasteiger partial charge in [0.05, 0.1) is 24.4 Å². The molecule has 0 radical (unpaired) electrons. The fraction of sp³-hybridized carbons (Fsp3) is 0.294. The quantitative estimate of drug-likeness (QED) is 0.809. The molecule has 1 aromatic carbocycles. The zero-order valence-corrected chi connectivity index (χ0v) is 12.7. The Morgan fingerprint density at radius 3 is 2.46 bits per heavy atom. The molecule has 1 heterocycles. The SMILES string of the molecule is N#Cc1ccc(CCC(=O)N(Cc2ccco2)CC(F)(F)F)cc1. The monoisotopic (exact) mass is 336 g/mol. The summed E-state index contributed by atoms with van der Waals surface area (Å²) >= 11 is 0. The molecule has 0 saturated carbocycles. The summed E-state index contributed by atoms with van der Waals surface area (Å²) in [6.45, 7) is -1.54. The third kappa shape index (κ3) is 5.47. The summed E-state index contributed by atoms with van der Waals surface area (Å²) in [6, 6.07) is 11.6. The van der Waals surface area contributed by atoms with Crippen LogP contribution in [-0.4, -0.2) is 23.5 Å². The van der Waals surface area contributed by atoms with Crippen molar-refractivity contribution in [2.45, 2.75) is 25.6 Å². The molecular weight excluding hydrogens is 321 g/mol. The standard InChI is InChI=1S/C17H15F3N2O2/c18-17(19,20)12-22(11-15-2-1-9-24-15)16(23)8-7-13-3-5-14(10-21)6-4-13/h1-6,9H,7-8,11-12H2. The smallest absolute Gasteiger partial charge is 0.406 e. The molecule has 0 bridgehead atoms. The van der Waals surface area contributed by atoms with Gasteiger partial charge in [-0.1, -0.05) is 12.1 Å². The second-order valence-electron chi connectivity index (χ2n) is 5.25. The van der Waals surface area contributed by atoms with Crippen molar-refractivity contribution in [3.05, 3.63) is 59.5 Å². The number of nitrogens with zero attached hydrogens (tertiary/aromatic N) is 2. The van der Waals surface area contributed by atoms with Crippen LogP contribution in [0.2, 0.25) is 0 Å². The summed E-state index contributed by atoms with van der Waals surface area (Å²) in [5.74, 6) is -0.306. The Morgan fingerprint density at radius 2 is 1.92 bits per heavy atom. The molecule has 126 valence electrons. The van der Waals surface area contributed by atoms with E-state index < -0.39 is 18.6 Å². The molecule has 2 aromatic rings. The van der Waals surface area contributed by atoms with Gasteiger partial charge in [-0.05, 0) is 36.2 Å². The maximum absolute atomic E-state index is 12.7. The van der Waals surface area contributed by atoms with E-state index in [0.717, 1.165) is 10.5 Å². The number of furan rings is 1. The number of alkyl halides is 3. The summed E-state index contributed by atoms with van der Waals surface area (Å²) in [5.41, 5.74) is 1.27. The number of carbonyl (C=O) groups is 1. The fourth-order valence-corrected chi connectivity index (χ4v) is 2.19. The van der Waals surface area contributed by atoms with Crippen molar-refractivity contribution in [2.75, 3.05) is 6.54 Å². The number of hydrogen-bond acceptors (Lipinski definition) is 3. The summed E-state index contributed by atoms with van der Waals surface area (Å²) in [4.78, 5) is 12.9. The number of nitriles is 1. The highest BCUT2D eigenvalue weighted by Gasteiger charge is 2.33. The van der Waals surface area contributed by atoms with Crippen LogP contribution < -0.4 is 0 Å². The number of carbonyl (C=O) groups excluding carboxylic acids is 1. The van der Waals surface area contributed by atoms with E-state index in [1.54, 1.807) is 30.3 Å². The maximum Gasteiger partial charge on any atom is 0.406 e. The number of hydrogen-bond donors (Lipinski definition) is 0. The van der Waals surface area contributed by atoms with Gasteiger partial charge in [-0.3, -0.25) is 4.79 Å². The average Bonchev–Trinajstić information content (AvgIpc) is 3.04. The third-order valence-electron chi connectivity index (χ3n) is 3.36. The molecule has 4 nitrogen and oxygen atoms in total. The highest BCUT2D eigenvalue weighted by atomic mass is 19.4. The van der Waals surface area contributed by atoms with Crippen LogP contribution in [0.4, 0.5) is 13.2 Å². The molecule has 0 spiro atoms. The van der Waals surface area contributed by atoms with E-state index in [0.29, 0.717) is 17.7 Å². The number of benzene rings is 1. The lowest BCUT2D eigenvalue weighted by molar-refractivity contribution is -0.162. The summed E-state index contributed by atoms with van der Waals surface area (Å²) in [6.07, 6.45) is -2.88. The van der Waals surface area contributed by atoms with E-state index in [9.17, 15) is 18.0 Å². The minimum Gasteiger partial charge on any atom is -0.467 e. The molecule has 0 N–H and O–H groups in total. The molecular formula is C17H15F3N2O2. The van der Waals surface area contributed by atoms with Gasteiger partial charge in [0.25, 0.3) is 0 Å². The van der Waals surface area contributed by atoms with Gasteiger partial charge in [-0.15, -0.1) is 0 Å². The Balaban J connectivity index is 1.99. The predicted molar refractivity (Wildman–Crippen MR) is 79.7 cm³/mol. The van der Waals surface area contributed by atoms with Crippen LogP contribution in [0.25, 0.3) is 0 Å². The van der Waals surface area contributed by atoms with E-state index in [4.69, 9.17) is 9.68 Å². The van der Waals surface area contributed by atoms with E-state index in [1.807, 2.05) is 6.07 Å². The molecule has 0 atom stereocenters. The number of aryl methyl sites for hydroxylation is 1. The van der Waals surface area contributed by atoms with Crippen molar-refractivity contribution in [3.8, 4) is 6.07 Å². The lowest BCUT2D eigenvalue weighted by Gasteiger charge is -2.23. The van der Waals surface area contributed by atoms with Gasteiger partial charge < -0.3 is 9.32 Å². The topological polar surface area (TPSA) is 57.2 Å². The number of rotatable bonds is 6. The van der Waals surface area contributed by atoms with E-state index in [2.05, 4.69) is 0 Å². The van der Waals surface area contributed by atoms with Crippen molar-refractivity contribution < 1.29 is 22.4 Å². The second kappa shape index (κ2) is 7.68. The molecule has 0 aliphatic heterocycles. The molecule has 0 fully saturated rings. The lowest BCUT2D eigenvalue weighted by atomic mass is 10.1. The summed E-state index contributed by atoms with van der Waals surface area (Å²) in [5, 5.41) is 8.72. The molecule has 0 aliphatic carbocycles. The first kappa shape index (κ1) is 17.6. The van der Waals surface area contributed by atoms with Crippen molar-refractivity contribution in [2.24, 2.45) is 0 Å². The number of amides is 1. The van der Waals surface area contributed by atoms with Crippen LogP contribution in [0.1, 0.15) is 23.3 Å². The van der Waals surface area contributed by atoms with Crippen molar-refractivity contribution >= 4 is 5.91 Å². The molecule has 0 saturated heterocycles. The molecule has 0 aliphatic rings. The van der Waals surface area contributed by atoms with E-state index >= 15 is 0 Å². The zero-order chi connectivity index (χ0) is 17.6. The highest BCUT2D eigenvalue weighted by Crippen LogP contribution is 2.19. The van der Waals surface area contributed by atoms with Crippen molar-refractivity contribution in [1.82, 2.24) is 4.90 Å². The van der Waals surface area contributed by atoms with Crippen LogP contribution in [0.5, 0.6) is 0 Å². The van der Waals surface area contributed by atoms with Gasteiger partial charge in [0.1, 0.15) is 12.3 Å². The normalized spacial score (nSPS) is 11.1. The molecule has 24 heavy (non-hydrogen) atoms. The maximum atomic E-state index is 12.7. The Labute approximate surface area is 137 Å². The Hall–Kier alpha value is -2.75. The van der Waals surface area contributed by atoms with Crippen LogP contribution in [0.3, 0.4) is 0 Å². The van der Waals surface area contributed by atoms with Gasteiger partial charge in [0, 0.05) is 6.42 Å². The molecule has 7 heteroatoms. The van der Waals surface area contributed by atoms with Crippen LogP contribution in [0, 0.1) is 11.3 Å². The Kier molecular flexibility index (Phi) is 5.64. The first-order chi connectivity index (χ1) is 11.4. The fourth-order valence-electron chi connectivity index (χ4n) is 2.19. The molecule has 0 unspecified atom stereocenters. The van der Waals surface area contributed by atoms with Crippen LogP contribution in [0.15, 0.2) is 47.1 Å². The average molecular weight is 336 g/mol. The zero-order valence-electron chi connectivity index (χ0n) is 12.7. The highest BCUT2D eigenvalue weighted by molar-refractivity contribution is 5.76. The van der Waals surface area contributed by atoms with Crippen LogP contribution >= 0.6 is 0 Å².